The van der Waals surface area contributed by atoms with Crippen LogP contribution in [0.25, 0.3) is 11.3 Å². The van der Waals surface area contributed by atoms with E-state index in [1.165, 1.54) is 12.8 Å². The van der Waals surface area contributed by atoms with Crippen molar-refractivity contribution in [1.82, 2.24) is 9.55 Å². The molecule has 1 N–H and O–H groups in total. The lowest BCUT2D eigenvalue weighted by molar-refractivity contribution is 0.736. The third-order valence-corrected chi connectivity index (χ3v) is 3.99. The van der Waals surface area contributed by atoms with Gasteiger partial charge in [-0.1, -0.05) is 29.3 Å². The van der Waals surface area contributed by atoms with Gasteiger partial charge in [-0.3, -0.25) is 0 Å². The lowest BCUT2D eigenvalue weighted by Crippen LogP contribution is -1.96. The zero-order valence-electron chi connectivity index (χ0n) is 8.91. The maximum atomic E-state index is 6.04. The first kappa shape index (κ1) is 11.3. The Bertz CT molecular complexity index is 626. The fourth-order valence-corrected chi connectivity index (χ4v) is 2.56. The summed E-state index contributed by atoms with van der Waals surface area (Å²) in [6.45, 7) is 0. The van der Waals surface area contributed by atoms with Crippen LogP contribution in [0.1, 0.15) is 18.9 Å². The second-order valence-corrected chi connectivity index (χ2v) is 5.41. The van der Waals surface area contributed by atoms with Crippen molar-refractivity contribution in [1.29, 1.82) is 0 Å². The first-order chi connectivity index (χ1) is 8.16. The average molecular weight is 285 g/mol. The molecular weight excluding hydrogens is 275 g/mol. The summed E-state index contributed by atoms with van der Waals surface area (Å²) in [6, 6.07) is 6.19. The second-order valence-electron chi connectivity index (χ2n) is 4.21. The van der Waals surface area contributed by atoms with E-state index >= 15 is 0 Å². The van der Waals surface area contributed by atoms with Gasteiger partial charge in [0.15, 0.2) is 4.77 Å². The van der Waals surface area contributed by atoms with Gasteiger partial charge in [0, 0.05) is 17.8 Å². The number of nitrogens with one attached hydrogen (secondary N) is 1. The first-order valence-electron chi connectivity index (χ1n) is 5.42. The fourth-order valence-electron chi connectivity index (χ4n) is 1.95. The monoisotopic (exact) mass is 284 g/mol. The Balaban J connectivity index is 2.14. The van der Waals surface area contributed by atoms with Crippen LogP contribution in [-0.2, 0) is 0 Å². The van der Waals surface area contributed by atoms with Crippen LogP contribution in [0.2, 0.25) is 10.0 Å². The molecule has 2 nitrogen and oxygen atoms in total. The SMILES string of the molecule is S=c1[nH]cc(-c2ccc(Cl)c(Cl)c2)n1C1CC1. The molecule has 1 aliphatic carbocycles. The van der Waals surface area contributed by atoms with E-state index in [0.29, 0.717) is 16.1 Å². The van der Waals surface area contributed by atoms with Crippen molar-refractivity contribution in [3.05, 3.63) is 39.2 Å². The van der Waals surface area contributed by atoms with E-state index in [9.17, 15) is 0 Å². The number of nitrogens with zero attached hydrogens (tertiary/aromatic N) is 1. The Kier molecular flexibility index (Phi) is 2.77. The molecule has 0 unspecified atom stereocenters. The number of hydrogen-bond acceptors (Lipinski definition) is 1. The van der Waals surface area contributed by atoms with Crippen molar-refractivity contribution in [3.8, 4) is 11.3 Å². The molecular formula is C12H10Cl2N2S. The van der Waals surface area contributed by atoms with Crippen LogP contribution in [-0.4, -0.2) is 9.55 Å². The van der Waals surface area contributed by atoms with Gasteiger partial charge >= 0.3 is 0 Å². The van der Waals surface area contributed by atoms with E-state index < -0.39 is 0 Å². The second kappa shape index (κ2) is 4.16. The molecule has 0 saturated heterocycles. The van der Waals surface area contributed by atoms with Crippen LogP contribution >= 0.6 is 35.4 Å². The summed E-state index contributed by atoms with van der Waals surface area (Å²) < 4.78 is 2.93. The van der Waals surface area contributed by atoms with Gasteiger partial charge in [-0.25, -0.2) is 0 Å². The molecule has 0 aliphatic heterocycles. The first-order valence-corrected chi connectivity index (χ1v) is 6.58. The fraction of sp³-hybridized carbons (Fsp3) is 0.250. The van der Waals surface area contributed by atoms with Gasteiger partial charge in [-0.05, 0) is 37.2 Å². The van der Waals surface area contributed by atoms with Crippen molar-refractivity contribution in [2.45, 2.75) is 18.9 Å². The Morgan fingerprint density at radius 3 is 2.65 bits per heavy atom. The van der Waals surface area contributed by atoms with Gasteiger partial charge in [0.2, 0.25) is 0 Å². The van der Waals surface area contributed by atoms with Crippen molar-refractivity contribution in [2.24, 2.45) is 0 Å². The van der Waals surface area contributed by atoms with Crippen molar-refractivity contribution < 1.29 is 0 Å². The summed E-state index contributed by atoms with van der Waals surface area (Å²) in [6.07, 6.45) is 4.32. The molecule has 2 aromatic rings. The molecule has 1 fully saturated rings. The van der Waals surface area contributed by atoms with E-state index in [1.54, 1.807) is 0 Å². The van der Waals surface area contributed by atoms with Gasteiger partial charge in [-0.2, -0.15) is 0 Å². The largest absolute Gasteiger partial charge is 0.337 e. The Labute approximate surface area is 114 Å². The number of aromatic nitrogens is 2. The molecule has 1 aromatic heterocycles. The van der Waals surface area contributed by atoms with E-state index in [4.69, 9.17) is 35.4 Å². The highest BCUT2D eigenvalue weighted by atomic mass is 35.5. The summed E-state index contributed by atoms with van der Waals surface area (Å²) in [4.78, 5) is 3.09. The van der Waals surface area contributed by atoms with Crippen LogP contribution in [0.3, 0.4) is 0 Å². The van der Waals surface area contributed by atoms with E-state index in [1.807, 2.05) is 24.4 Å². The predicted molar refractivity (Wildman–Crippen MR) is 73.3 cm³/mol. The summed E-state index contributed by atoms with van der Waals surface area (Å²) in [5.74, 6) is 0. The molecule has 0 spiro atoms. The molecule has 17 heavy (non-hydrogen) atoms. The minimum absolute atomic E-state index is 0.540. The van der Waals surface area contributed by atoms with Crippen LogP contribution in [0, 0.1) is 4.77 Å². The number of rotatable bonds is 2. The number of H-pyrrole nitrogens is 1. The predicted octanol–water partition coefficient (Wildman–Crippen LogP) is 4.85. The maximum Gasteiger partial charge on any atom is 0.177 e. The standard InChI is InChI=1S/C12H10Cl2N2S/c13-9-4-1-7(5-10(9)14)11-6-15-12(17)16(11)8-2-3-8/h1,4-6,8H,2-3H2,(H,15,17). The molecule has 0 amide bonds. The van der Waals surface area contributed by atoms with Crippen molar-refractivity contribution >= 4 is 35.4 Å². The molecule has 1 saturated carbocycles. The van der Waals surface area contributed by atoms with Gasteiger partial charge in [-0.15, -0.1) is 0 Å². The quantitative estimate of drug-likeness (QED) is 0.782. The van der Waals surface area contributed by atoms with Crippen LogP contribution in [0.15, 0.2) is 24.4 Å². The molecule has 1 heterocycles. The molecule has 0 radical (unpaired) electrons. The summed E-state index contributed by atoms with van der Waals surface area (Å²) >= 11 is 17.3. The maximum absolute atomic E-state index is 6.04. The Hall–Kier alpha value is -0.770. The van der Waals surface area contributed by atoms with E-state index in [2.05, 4.69) is 9.55 Å². The topological polar surface area (TPSA) is 20.7 Å². The van der Waals surface area contributed by atoms with Crippen LogP contribution < -0.4 is 0 Å². The van der Waals surface area contributed by atoms with Crippen molar-refractivity contribution in [3.63, 3.8) is 0 Å². The van der Waals surface area contributed by atoms with Crippen LogP contribution in [0.4, 0.5) is 0 Å². The number of benzene rings is 1. The highest BCUT2D eigenvalue weighted by molar-refractivity contribution is 7.71. The van der Waals surface area contributed by atoms with Crippen LogP contribution in [0.5, 0.6) is 0 Å². The van der Waals surface area contributed by atoms with Gasteiger partial charge in [0.05, 0.1) is 15.7 Å². The lowest BCUT2D eigenvalue weighted by atomic mass is 10.1. The highest BCUT2D eigenvalue weighted by Crippen LogP contribution is 2.39. The number of aromatic amines is 1. The third kappa shape index (κ3) is 2.03. The normalized spacial score (nSPS) is 15.2. The minimum Gasteiger partial charge on any atom is -0.337 e. The smallest absolute Gasteiger partial charge is 0.177 e. The summed E-state index contributed by atoms with van der Waals surface area (Å²) in [5, 5.41) is 1.14. The molecule has 88 valence electrons. The third-order valence-electron chi connectivity index (χ3n) is 2.94. The Morgan fingerprint density at radius 2 is 2.00 bits per heavy atom. The zero-order valence-corrected chi connectivity index (χ0v) is 11.2. The molecule has 0 atom stereocenters. The number of hydrogen-bond donors (Lipinski definition) is 1. The minimum atomic E-state index is 0.540. The zero-order chi connectivity index (χ0) is 12.0. The molecule has 3 rings (SSSR count). The molecule has 1 aromatic carbocycles. The van der Waals surface area contributed by atoms with Gasteiger partial charge in [0.25, 0.3) is 0 Å². The molecule has 5 heteroatoms. The number of halogens is 2. The summed E-state index contributed by atoms with van der Waals surface area (Å²) in [7, 11) is 0. The van der Waals surface area contributed by atoms with Gasteiger partial charge in [0.1, 0.15) is 0 Å². The molecule has 0 bridgehead atoms. The van der Waals surface area contributed by atoms with E-state index in [0.717, 1.165) is 16.0 Å². The summed E-state index contributed by atoms with van der Waals surface area (Å²) in [5.41, 5.74) is 2.12. The lowest BCUT2D eigenvalue weighted by Gasteiger charge is -2.07. The average Bonchev–Trinajstić information content (AvgIpc) is 3.06. The Morgan fingerprint density at radius 1 is 1.24 bits per heavy atom. The van der Waals surface area contributed by atoms with E-state index in [-0.39, 0.29) is 0 Å². The highest BCUT2D eigenvalue weighted by Gasteiger charge is 2.26. The van der Waals surface area contributed by atoms with Crippen molar-refractivity contribution in [2.75, 3.05) is 0 Å². The van der Waals surface area contributed by atoms with Gasteiger partial charge < -0.3 is 9.55 Å². The molecule has 1 aliphatic rings. The number of imidazole rings is 1.